The van der Waals surface area contributed by atoms with Crippen molar-refractivity contribution in [2.45, 2.75) is 26.0 Å². The maximum Gasteiger partial charge on any atom is 0.273 e. The molecule has 0 aliphatic carbocycles. The number of aliphatic hydroxyl groups excluding tert-OH is 1. The fourth-order valence-electron chi connectivity index (χ4n) is 2.52. The van der Waals surface area contributed by atoms with E-state index in [0.29, 0.717) is 22.8 Å². The first kappa shape index (κ1) is 19.6. The predicted octanol–water partition coefficient (Wildman–Crippen LogP) is 3.11. The highest BCUT2D eigenvalue weighted by molar-refractivity contribution is 6.32. The number of aliphatic hydroxyl groups is 1. The van der Waals surface area contributed by atoms with E-state index in [0.717, 1.165) is 5.56 Å². The van der Waals surface area contributed by atoms with Crippen LogP contribution in [0.2, 0.25) is 5.02 Å². The van der Waals surface area contributed by atoms with Gasteiger partial charge in [0.25, 0.3) is 5.91 Å². The molecule has 9 heteroatoms. The number of carbonyl (C=O) groups excluding carboxylic acids is 1. The minimum Gasteiger partial charge on any atom is -0.385 e. The van der Waals surface area contributed by atoms with Gasteiger partial charge in [-0.3, -0.25) is 9.48 Å². The highest BCUT2D eigenvalue weighted by Crippen LogP contribution is 2.24. The van der Waals surface area contributed by atoms with Gasteiger partial charge in [0.1, 0.15) is 12.2 Å². The van der Waals surface area contributed by atoms with Crippen LogP contribution in [0.3, 0.4) is 0 Å². The molecule has 0 aliphatic heterocycles. The smallest absolute Gasteiger partial charge is 0.273 e. The van der Waals surface area contributed by atoms with Crippen LogP contribution in [0.1, 0.15) is 47.8 Å². The molecular weight excluding hydrogens is 382 g/mol. The molecule has 0 aliphatic rings. The van der Waals surface area contributed by atoms with Gasteiger partial charge in [0.15, 0.2) is 11.5 Å². The molecule has 2 unspecified atom stereocenters. The van der Waals surface area contributed by atoms with Crippen molar-refractivity contribution < 1.29 is 14.4 Å². The van der Waals surface area contributed by atoms with Crippen molar-refractivity contribution >= 4 is 17.5 Å². The monoisotopic (exact) mass is 399 g/mol. The van der Waals surface area contributed by atoms with Gasteiger partial charge in [0, 0.05) is 24.4 Å². The van der Waals surface area contributed by atoms with Crippen LogP contribution in [0.4, 0.5) is 0 Å². The van der Waals surface area contributed by atoms with E-state index in [2.05, 4.69) is 15.6 Å². The molecule has 0 saturated carbocycles. The first-order valence-corrected chi connectivity index (χ1v) is 8.95. The lowest BCUT2D eigenvalue weighted by Crippen LogP contribution is -2.30. The van der Waals surface area contributed by atoms with Gasteiger partial charge in [-0.2, -0.15) is 10.4 Å². The number of amides is 1. The highest BCUT2D eigenvalue weighted by Gasteiger charge is 2.16. The molecule has 1 amide bonds. The summed E-state index contributed by atoms with van der Waals surface area (Å²) in [6, 6.07) is 10.3. The summed E-state index contributed by atoms with van der Waals surface area (Å²) in [5.74, 6) is -0.162. The summed E-state index contributed by atoms with van der Waals surface area (Å²) >= 11 is 6.08. The summed E-state index contributed by atoms with van der Waals surface area (Å²) in [6.07, 6.45) is 0.978. The van der Waals surface area contributed by atoms with Crippen LogP contribution in [0.15, 0.2) is 41.1 Å². The minimum absolute atomic E-state index is 0.108. The molecule has 3 aromatic rings. The second kappa shape index (κ2) is 8.25. The first-order chi connectivity index (χ1) is 13.4. The second-order valence-corrected chi connectivity index (χ2v) is 6.74. The minimum atomic E-state index is -0.828. The van der Waals surface area contributed by atoms with Gasteiger partial charge in [-0.15, -0.1) is 0 Å². The summed E-state index contributed by atoms with van der Waals surface area (Å²) in [5, 5.41) is 29.7. The number of carbonyl (C=O) groups is 1. The molecule has 0 radical (unpaired) electrons. The van der Waals surface area contributed by atoms with E-state index in [-0.39, 0.29) is 17.5 Å². The average Bonchev–Trinajstić information content (AvgIpc) is 3.35. The van der Waals surface area contributed by atoms with Crippen molar-refractivity contribution in [2.24, 2.45) is 0 Å². The Labute approximate surface area is 166 Å². The maximum absolute atomic E-state index is 12.2. The van der Waals surface area contributed by atoms with E-state index in [1.165, 1.54) is 13.0 Å². The molecule has 0 fully saturated rings. The second-order valence-electron chi connectivity index (χ2n) is 6.34. The van der Waals surface area contributed by atoms with E-state index in [1.807, 2.05) is 19.1 Å². The molecule has 0 saturated heterocycles. The van der Waals surface area contributed by atoms with Crippen molar-refractivity contribution in [3.05, 3.63) is 58.6 Å². The van der Waals surface area contributed by atoms with Crippen LogP contribution in [0.25, 0.3) is 11.3 Å². The number of nitrogens with one attached hydrogen (secondary N) is 1. The summed E-state index contributed by atoms with van der Waals surface area (Å²) in [5.41, 5.74) is 2.03. The summed E-state index contributed by atoms with van der Waals surface area (Å²) < 4.78 is 6.64. The number of rotatable bonds is 6. The molecule has 1 aromatic carbocycles. The lowest BCUT2D eigenvalue weighted by Gasteiger charge is -2.12. The molecule has 8 nitrogen and oxygen atoms in total. The molecule has 2 aromatic heterocycles. The van der Waals surface area contributed by atoms with Crippen LogP contribution in [0.5, 0.6) is 0 Å². The van der Waals surface area contributed by atoms with Crippen molar-refractivity contribution in [2.75, 3.05) is 6.54 Å². The summed E-state index contributed by atoms with van der Waals surface area (Å²) in [6.45, 7) is 3.76. The number of halogens is 1. The van der Waals surface area contributed by atoms with Crippen LogP contribution in [0, 0.1) is 11.3 Å². The van der Waals surface area contributed by atoms with E-state index >= 15 is 0 Å². The highest BCUT2D eigenvalue weighted by atomic mass is 35.5. The fourth-order valence-corrected chi connectivity index (χ4v) is 2.74. The number of aromatic nitrogens is 3. The van der Waals surface area contributed by atoms with Crippen LogP contribution < -0.4 is 5.32 Å². The maximum atomic E-state index is 12.2. The first-order valence-electron chi connectivity index (χ1n) is 8.57. The summed E-state index contributed by atoms with van der Waals surface area (Å²) in [4.78, 5) is 12.2. The Hall–Kier alpha value is -3.15. The van der Waals surface area contributed by atoms with E-state index in [4.69, 9.17) is 21.4 Å². The normalized spacial score (nSPS) is 13.0. The van der Waals surface area contributed by atoms with E-state index in [1.54, 1.807) is 29.1 Å². The Kier molecular flexibility index (Phi) is 5.78. The standard InChI is InChI=1S/C19H18ClN5O3/c1-11(10-22-19(27)17-8-18(12(2)26)28-24-17)25-6-5-16(23-25)13-3-4-14(9-21)15(20)7-13/h3-8,11-12,26H,10H2,1-2H3,(H,22,27). The molecule has 144 valence electrons. The zero-order valence-corrected chi connectivity index (χ0v) is 16.0. The topological polar surface area (TPSA) is 117 Å². The Bertz CT molecular complexity index is 1030. The quantitative estimate of drug-likeness (QED) is 0.657. The van der Waals surface area contributed by atoms with Crippen LogP contribution in [-0.2, 0) is 0 Å². The molecule has 2 heterocycles. The molecule has 2 atom stereocenters. The fraction of sp³-hybridized carbons (Fsp3) is 0.263. The molecule has 0 bridgehead atoms. The van der Waals surface area contributed by atoms with Crippen molar-refractivity contribution in [1.82, 2.24) is 20.3 Å². The number of nitriles is 1. The number of nitrogens with zero attached hydrogens (tertiary/aromatic N) is 4. The van der Waals surface area contributed by atoms with Gasteiger partial charge in [0.2, 0.25) is 0 Å². The number of hydrogen-bond acceptors (Lipinski definition) is 6. The molecular formula is C19H18ClN5O3. The predicted molar refractivity (Wildman–Crippen MR) is 102 cm³/mol. The third-order valence-corrected chi connectivity index (χ3v) is 4.49. The number of hydrogen-bond donors (Lipinski definition) is 2. The van der Waals surface area contributed by atoms with Crippen molar-refractivity contribution in [3.63, 3.8) is 0 Å². The van der Waals surface area contributed by atoms with E-state index in [9.17, 15) is 9.90 Å². The SMILES string of the molecule is CC(O)c1cc(C(=O)NCC(C)n2ccc(-c3ccc(C#N)c(Cl)c3)n2)no1. The van der Waals surface area contributed by atoms with Gasteiger partial charge >= 0.3 is 0 Å². The molecule has 3 rings (SSSR count). The molecule has 2 N–H and O–H groups in total. The van der Waals surface area contributed by atoms with Crippen LogP contribution in [-0.4, -0.2) is 32.5 Å². The molecule has 28 heavy (non-hydrogen) atoms. The van der Waals surface area contributed by atoms with E-state index < -0.39 is 12.0 Å². The van der Waals surface area contributed by atoms with Crippen molar-refractivity contribution in [1.29, 1.82) is 5.26 Å². The van der Waals surface area contributed by atoms with Gasteiger partial charge in [0.05, 0.1) is 22.3 Å². The molecule has 0 spiro atoms. The zero-order chi connectivity index (χ0) is 20.3. The van der Waals surface area contributed by atoms with Crippen LogP contribution >= 0.6 is 11.6 Å². The third kappa shape index (κ3) is 4.22. The largest absolute Gasteiger partial charge is 0.385 e. The average molecular weight is 400 g/mol. The lowest BCUT2D eigenvalue weighted by atomic mass is 10.1. The zero-order valence-electron chi connectivity index (χ0n) is 15.3. The third-order valence-electron chi connectivity index (χ3n) is 4.18. The Morgan fingerprint density at radius 3 is 2.82 bits per heavy atom. The number of benzene rings is 1. The lowest BCUT2D eigenvalue weighted by molar-refractivity contribution is 0.0937. The summed E-state index contributed by atoms with van der Waals surface area (Å²) in [7, 11) is 0. The van der Waals surface area contributed by atoms with Gasteiger partial charge in [-0.05, 0) is 32.0 Å². The van der Waals surface area contributed by atoms with Gasteiger partial charge in [-0.1, -0.05) is 22.8 Å². The van der Waals surface area contributed by atoms with Gasteiger partial charge < -0.3 is 14.9 Å². The van der Waals surface area contributed by atoms with Gasteiger partial charge in [-0.25, -0.2) is 0 Å². The Morgan fingerprint density at radius 2 is 2.18 bits per heavy atom. The Morgan fingerprint density at radius 1 is 1.39 bits per heavy atom. The Balaban J connectivity index is 1.64. The van der Waals surface area contributed by atoms with Crippen molar-refractivity contribution in [3.8, 4) is 17.3 Å².